The van der Waals surface area contributed by atoms with Crippen molar-refractivity contribution >= 4 is 5.97 Å². The van der Waals surface area contributed by atoms with Crippen LogP contribution in [0.2, 0.25) is 0 Å². The standard InChI is InChI=1S/C9H17N.C4H8O3/c1-8(2)10-6-5-9(7-10)3-4-9;1-7-3-2-4(5)6/h8H,3-7H2,1-2H3;2-3H2,1H3,(H,5,6). The van der Waals surface area contributed by atoms with E-state index >= 15 is 0 Å². The lowest BCUT2D eigenvalue weighted by atomic mass is 10.1. The molecule has 1 heterocycles. The fourth-order valence-electron chi connectivity index (χ4n) is 2.18. The van der Waals surface area contributed by atoms with Gasteiger partial charge in [-0.2, -0.15) is 0 Å². The van der Waals surface area contributed by atoms with Crippen molar-refractivity contribution in [3.05, 3.63) is 0 Å². The molecule has 100 valence electrons. The summed E-state index contributed by atoms with van der Waals surface area (Å²) in [5, 5.41) is 7.96. The first-order valence-electron chi connectivity index (χ1n) is 6.44. The van der Waals surface area contributed by atoms with Crippen LogP contribution >= 0.6 is 0 Å². The lowest BCUT2D eigenvalue weighted by Crippen LogP contribution is -2.28. The summed E-state index contributed by atoms with van der Waals surface area (Å²) in [5.41, 5.74) is 0.824. The Kier molecular flexibility index (Phi) is 5.40. The van der Waals surface area contributed by atoms with Crippen LogP contribution in [-0.2, 0) is 9.53 Å². The molecular weight excluding hydrogens is 218 g/mol. The quantitative estimate of drug-likeness (QED) is 0.820. The molecule has 0 amide bonds. The third-order valence-corrected chi connectivity index (χ3v) is 3.68. The van der Waals surface area contributed by atoms with E-state index in [2.05, 4.69) is 23.5 Å². The second-order valence-corrected chi connectivity index (χ2v) is 5.45. The average molecular weight is 243 g/mol. The molecule has 2 aliphatic rings. The summed E-state index contributed by atoms with van der Waals surface area (Å²) in [4.78, 5) is 12.3. The maximum atomic E-state index is 9.68. The number of rotatable bonds is 4. The predicted octanol–water partition coefficient (Wildman–Crippen LogP) is 1.99. The van der Waals surface area contributed by atoms with Gasteiger partial charge in [0.15, 0.2) is 0 Å². The van der Waals surface area contributed by atoms with E-state index in [1.807, 2.05) is 0 Å². The number of methoxy groups -OCH3 is 1. The van der Waals surface area contributed by atoms with Crippen LogP contribution in [0.15, 0.2) is 0 Å². The van der Waals surface area contributed by atoms with Crippen LogP contribution in [0.25, 0.3) is 0 Å². The Morgan fingerprint density at radius 2 is 2.06 bits per heavy atom. The molecule has 2 fully saturated rings. The van der Waals surface area contributed by atoms with Crippen LogP contribution < -0.4 is 0 Å². The smallest absolute Gasteiger partial charge is 0.305 e. The molecule has 4 heteroatoms. The minimum Gasteiger partial charge on any atom is -0.481 e. The Bertz CT molecular complexity index is 249. The van der Waals surface area contributed by atoms with E-state index in [0.29, 0.717) is 6.61 Å². The lowest BCUT2D eigenvalue weighted by Gasteiger charge is -2.19. The summed E-state index contributed by atoms with van der Waals surface area (Å²) in [6.07, 6.45) is 4.59. The van der Waals surface area contributed by atoms with E-state index in [-0.39, 0.29) is 6.42 Å². The van der Waals surface area contributed by atoms with E-state index in [4.69, 9.17) is 5.11 Å². The van der Waals surface area contributed by atoms with Gasteiger partial charge in [-0.05, 0) is 45.1 Å². The molecule has 1 aliphatic heterocycles. The second-order valence-electron chi connectivity index (χ2n) is 5.45. The molecule has 1 spiro atoms. The lowest BCUT2D eigenvalue weighted by molar-refractivity contribution is -0.137. The van der Waals surface area contributed by atoms with Crippen molar-refractivity contribution in [1.29, 1.82) is 0 Å². The Hall–Kier alpha value is -0.610. The molecule has 0 aromatic rings. The highest BCUT2D eigenvalue weighted by molar-refractivity contribution is 5.66. The molecule has 1 saturated heterocycles. The zero-order valence-corrected chi connectivity index (χ0v) is 11.2. The molecule has 1 saturated carbocycles. The topological polar surface area (TPSA) is 49.8 Å². The van der Waals surface area contributed by atoms with Crippen LogP contribution in [0.1, 0.15) is 39.5 Å². The predicted molar refractivity (Wildman–Crippen MR) is 67.1 cm³/mol. The van der Waals surface area contributed by atoms with Crippen molar-refractivity contribution in [2.75, 3.05) is 26.8 Å². The summed E-state index contributed by atoms with van der Waals surface area (Å²) in [7, 11) is 1.48. The largest absolute Gasteiger partial charge is 0.481 e. The van der Waals surface area contributed by atoms with Gasteiger partial charge in [0.1, 0.15) is 0 Å². The van der Waals surface area contributed by atoms with Crippen LogP contribution in [0.3, 0.4) is 0 Å². The molecule has 1 aliphatic carbocycles. The number of aliphatic carboxylic acids is 1. The third kappa shape index (κ3) is 5.04. The van der Waals surface area contributed by atoms with Gasteiger partial charge in [-0.25, -0.2) is 0 Å². The Morgan fingerprint density at radius 1 is 1.41 bits per heavy atom. The summed E-state index contributed by atoms with van der Waals surface area (Å²) in [5.74, 6) is -0.818. The molecule has 1 N–H and O–H groups in total. The Balaban J connectivity index is 0.000000185. The maximum absolute atomic E-state index is 9.68. The molecule has 0 aromatic heterocycles. The van der Waals surface area contributed by atoms with E-state index in [9.17, 15) is 4.79 Å². The number of hydrogen-bond acceptors (Lipinski definition) is 3. The minimum atomic E-state index is -0.818. The van der Waals surface area contributed by atoms with Crippen molar-refractivity contribution in [1.82, 2.24) is 4.90 Å². The van der Waals surface area contributed by atoms with Gasteiger partial charge in [-0.15, -0.1) is 0 Å². The average Bonchev–Trinajstić information content (AvgIpc) is 2.86. The summed E-state index contributed by atoms with van der Waals surface area (Å²) >= 11 is 0. The van der Waals surface area contributed by atoms with Crippen molar-refractivity contribution in [2.24, 2.45) is 5.41 Å². The van der Waals surface area contributed by atoms with Gasteiger partial charge >= 0.3 is 5.97 Å². The molecular formula is C13H25NO3. The first kappa shape index (κ1) is 14.5. The number of likely N-dealkylation sites (tertiary alicyclic amines) is 1. The second kappa shape index (κ2) is 6.36. The Labute approximate surface area is 104 Å². The SMILES string of the molecule is CC(C)N1CCC2(CC2)C1.COCCC(=O)O. The van der Waals surface area contributed by atoms with Gasteiger partial charge in [-0.1, -0.05) is 0 Å². The van der Waals surface area contributed by atoms with Gasteiger partial charge in [0.2, 0.25) is 0 Å². The highest BCUT2D eigenvalue weighted by atomic mass is 16.5. The number of carbonyl (C=O) groups is 1. The maximum Gasteiger partial charge on any atom is 0.305 e. The zero-order chi connectivity index (χ0) is 12.9. The van der Waals surface area contributed by atoms with Crippen LogP contribution in [0.4, 0.5) is 0 Å². The fourth-order valence-corrected chi connectivity index (χ4v) is 2.18. The van der Waals surface area contributed by atoms with E-state index in [0.717, 1.165) is 11.5 Å². The molecule has 17 heavy (non-hydrogen) atoms. The van der Waals surface area contributed by atoms with Crippen molar-refractivity contribution in [3.63, 3.8) is 0 Å². The summed E-state index contributed by atoms with van der Waals surface area (Å²) in [6, 6.07) is 0.778. The van der Waals surface area contributed by atoms with E-state index < -0.39 is 5.97 Å². The molecule has 4 nitrogen and oxygen atoms in total. The zero-order valence-electron chi connectivity index (χ0n) is 11.2. The highest BCUT2D eigenvalue weighted by Gasteiger charge is 2.47. The van der Waals surface area contributed by atoms with Gasteiger partial charge in [0, 0.05) is 19.7 Å². The van der Waals surface area contributed by atoms with Gasteiger partial charge in [0.05, 0.1) is 13.0 Å². The molecule has 0 aromatic carbocycles. The number of hydrogen-bond donors (Lipinski definition) is 1. The fraction of sp³-hybridized carbons (Fsp3) is 0.923. The van der Waals surface area contributed by atoms with Crippen LogP contribution in [-0.4, -0.2) is 48.8 Å². The first-order chi connectivity index (χ1) is 7.99. The Morgan fingerprint density at radius 3 is 2.29 bits per heavy atom. The highest BCUT2D eigenvalue weighted by Crippen LogP contribution is 2.52. The van der Waals surface area contributed by atoms with Crippen molar-refractivity contribution in [3.8, 4) is 0 Å². The monoisotopic (exact) mass is 243 g/mol. The van der Waals surface area contributed by atoms with Crippen LogP contribution in [0.5, 0.6) is 0 Å². The van der Waals surface area contributed by atoms with E-state index in [1.165, 1.54) is 39.5 Å². The van der Waals surface area contributed by atoms with Crippen molar-refractivity contribution < 1.29 is 14.6 Å². The summed E-state index contributed by atoms with van der Waals surface area (Å²) in [6.45, 7) is 7.67. The molecule has 0 atom stereocenters. The number of carboxylic acid groups (broad SMARTS) is 1. The first-order valence-corrected chi connectivity index (χ1v) is 6.44. The molecule has 0 radical (unpaired) electrons. The molecule has 0 bridgehead atoms. The number of ether oxygens (including phenoxy) is 1. The normalized spacial score (nSPS) is 21.4. The summed E-state index contributed by atoms with van der Waals surface area (Å²) < 4.78 is 4.47. The number of carboxylic acids is 1. The minimum absolute atomic E-state index is 0.0938. The number of nitrogens with zero attached hydrogens (tertiary/aromatic N) is 1. The van der Waals surface area contributed by atoms with Gasteiger partial charge in [0.25, 0.3) is 0 Å². The van der Waals surface area contributed by atoms with Crippen molar-refractivity contribution in [2.45, 2.75) is 45.6 Å². The third-order valence-electron chi connectivity index (χ3n) is 3.68. The van der Waals surface area contributed by atoms with Crippen LogP contribution in [0, 0.1) is 5.41 Å². The van der Waals surface area contributed by atoms with Gasteiger partial charge < -0.3 is 14.7 Å². The van der Waals surface area contributed by atoms with Gasteiger partial charge in [-0.3, -0.25) is 4.79 Å². The van der Waals surface area contributed by atoms with E-state index in [1.54, 1.807) is 0 Å². The molecule has 2 rings (SSSR count). The molecule has 0 unspecified atom stereocenters.